The summed E-state index contributed by atoms with van der Waals surface area (Å²) in [6, 6.07) is 0. The van der Waals surface area contributed by atoms with Gasteiger partial charge < -0.3 is 0 Å². The SMILES string of the molecule is CC(=O)C=C[C@H]1C(C)CCCC1(C)C. The molecule has 0 bridgehead atoms. The van der Waals surface area contributed by atoms with Crippen LogP contribution in [0.4, 0.5) is 0 Å². The fraction of sp³-hybridized carbons (Fsp3) is 0.769. The highest BCUT2D eigenvalue weighted by Crippen LogP contribution is 2.44. The standard InChI is InChI=1S/C13H22O/c1-10-6-5-9-13(3,4)12(10)8-7-11(2)14/h7-8,10,12H,5-6,9H2,1-4H3/t10?,12-/m0/s1. The van der Waals surface area contributed by atoms with E-state index in [9.17, 15) is 4.79 Å². The zero-order chi connectivity index (χ0) is 10.8. The quantitative estimate of drug-likeness (QED) is 0.614. The van der Waals surface area contributed by atoms with Gasteiger partial charge in [-0.1, -0.05) is 39.7 Å². The fourth-order valence-electron chi connectivity index (χ4n) is 2.69. The Hall–Kier alpha value is -0.590. The van der Waals surface area contributed by atoms with Crippen molar-refractivity contribution < 1.29 is 4.79 Å². The summed E-state index contributed by atoms with van der Waals surface area (Å²) in [5.74, 6) is 1.45. The minimum Gasteiger partial charge on any atom is -0.295 e. The average Bonchev–Trinajstić information content (AvgIpc) is 2.01. The van der Waals surface area contributed by atoms with Gasteiger partial charge in [0.05, 0.1) is 0 Å². The molecule has 0 N–H and O–H groups in total. The lowest BCUT2D eigenvalue weighted by Gasteiger charge is -2.41. The number of ketones is 1. The van der Waals surface area contributed by atoms with Crippen molar-refractivity contribution in [3.05, 3.63) is 12.2 Å². The van der Waals surface area contributed by atoms with Crippen molar-refractivity contribution in [2.24, 2.45) is 17.3 Å². The van der Waals surface area contributed by atoms with Crippen LogP contribution >= 0.6 is 0 Å². The molecule has 2 atom stereocenters. The van der Waals surface area contributed by atoms with Gasteiger partial charge in [-0.3, -0.25) is 4.79 Å². The van der Waals surface area contributed by atoms with Crippen molar-refractivity contribution >= 4 is 5.78 Å². The summed E-state index contributed by atoms with van der Waals surface area (Å²) in [5, 5.41) is 0. The molecule has 1 aliphatic rings. The maximum absolute atomic E-state index is 10.9. The zero-order valence-corrected chi connectivity index (χ0v) is 9.84. The predicted molar refractivity (Wildman–Crippen MR) is 60.1 cm³/mol. The summed E-state index contributed by atoms with van der Waals surface area (Å²) in [5.41, 5.74) is 0.365. The number of allylic oxidation sites excluding steroid dienone is 2. The Morgan fingerprint density at radius 1 is 1.43 bits per heavy atom. The van der Waals surface area contributed by atoms with Crippen molar-refractivity contribution in [3.8, 4) is 0 Å². The molecule has 0 saturated heterocycles. The summed E-state index contributed by atoms with van der Waals surface area (Å²) < 4.78 is 0. The first-order valence-corrected chi connectivity index (χ1v) is 5.62. The van der Waals surface area contributed by atoms with Crippen molar-refractivity contribution in [2.45, 2.75) is 47.0 Å². The van der Waals surface area contributed by atoms with Gasteiger partial charge in [-0.05, 0) is 36.7 Å². The van der Waals surface area contributed by atoms with Gasteiger partial charge in [0.25, 0.3) is 0 Å². The molecule has 1 nitrogen and oxygen atoms in total. The zero-order valence-electron chi connectivity index (χ0n) is 9.84. The third-order valence-electron chi connectivity index (χ3n) is 3.53. The number of rotatable bonds is 2. The molecule has 1 aliphatic carbocycles. The van der Waals surface area contributed by atoms with E-state index in [2.05, 4.69) is 26.8 Å². The van der Waals surface area contributed by atoms with E-state index in [1.807, 2.05) is 0 Å². The maximum atomic E-state index is 10.9. The third-order valence-corrected chi connectivity index (χ3v) is 3.53. The number of hydrogen-bond donors (Lipinski definition) is 0. The molecule has 0 aromatic rings. The summed E-state index contributed by atoms with van der Waals surface area (Å²) in [7, 11) is 0. The van der Waals surface area contributed by atoms with Crippen molar-refractivity contribution in [1.29, 1.82) is 0 Å². The lowest BCUT2D eigenvalue weighted by molar-refractivity contribution is -0.112. The first kappa shape index (κ1) is 11.5. The second-order valence-corrected chi connectivity index (χ2v) is 5.35. The minimum atomic E-state index is 0.165. The van der Waals surface area contributed by atoms with E-state index < -0.39 is 0 Å². The van der Waals surface area contributed by atoms with Crippen LogP contribution in [0.1, 0.15) is 47.0 Å². The Morgan fingerprint density at radius 2 is 2.07 bits per heavy atom. The van der Waals surface area contributed by atoms with E-state index in [0.29, 0.717) is 17.3 Å². The predicted octanol–water partition coefficient (Wildman–Crippen LogP) is 3.59. The van der Waals surface area contributed by atoms with Crippen LogP contribution in [0.25, 0.3) is 0 Å². The lowest BCUT2D eigenvalue weighted by Crippen LogP contribution is -2.32. The van der Waals surface area contributed by atoms with Gasteiger partial charge >= 0.3 is 0 Å². The molecule has 0 aromatic carbocycles. The largest absolute Gasteiger partial charge is 0.295 e. The van der Waals surface area contributed by atoms with Gasteiger partial charge in [0.1, 0.15) is 0 Å². The van der Waals surface area contributed by atoms with Gasteiger partial charge in [0.2, 0.25) is 0 Å². The van der Waals surface area contributed by atoms with E-state index >= 15 is 0 Å². The molecule has 0 aliphatic heterocycles. The molecule has 14 heavy (non-hydrogen) atoms. The van der Waals surface area contributed by atoms with Gasteiger partial charge in [0, 0.05) is 0 Å². The Bertz CT molecular complexity index is 238. The monoisotopic (exact) mass is 194 g/mol. The van der Waals surface area contributed by atoms with Crippen molar-refractivity contribution in [2.75, 3.05) is 0 Å². The highest BCUT2D eigenvalue weighted by atomic mass is 16.1. The van der Waals surface area contributed by atoms with Crippen LogP contribution in [-0.4, -0.2) is 5.78 Å². The highest BCUT2D eigenvalue weighted by Gasteiger charge is 2.34. The summed E-state index contributed by atoms with van der Waals surface area (Å²) in [6.07, 6.45) is 7.79. The number of hydrogen-bond acceptors (Lipinski definition) is 1. The fourth-order valence-corrected chi connectivity index (χ4v) is 2.69. The van der Waals surface area contributed by atoms with Crippen LogP contribution in [0, 0.1) is 17.3 Å². The molecule has 0 aromatic heterocycles. The first-order valence-electron chi connectivity index (χ1n) is 5.62. The van der Waals surface area contributed by atoms with Crippen LogP contribution in [0.3, 0.4) is 0 Å². The van der Waals surface area contributed by atoms with Crippen LogP contribution in [0.2, 0.25) is 0 Å². The average molecular weight is 194 g/mol. The first-order chi connectivity index (χ1) is 6.43. The van der Waals surface area contributed by atoms with Crippen LogP contribution in [0.15, 0.2) is 12.2 Å². The Balaban J connectivity index is 2.75. The smallest absolute Gasteiger partial charge is 0.152 e. The molecule has 0 radical (unpaired) electrons. The van der Waals surface area contributed by atoms with E-state index in [-0.39, 0.29) is 5.78 Å². The molecule has 1 rings (SSSR count). The summed E-state index contributed by atoms with van der Waals surface area (Å²) in [4.78, 5) is 10.9. The lowest BCUT2D eigenvalue weighted by atomic mass is 9.64. The van der Waals surface area contributed by atoms with E-state index in [0.717, 1.165) is 0 Å². The van der Waals surface area contributed by atoms with Gasteiger partial charge in [-0.25, -0.2) is 0 Å². The molecular formula is C13H22O. The number of carbonyl (C=O) groups excluding carboxylic acids is 1. The Kier molecular flexibility index (Phi) is 3.52. The highest BCUT2D eigenvalue weighted by molar-refractivity contribution is 5.87. The van der Waals surface area contributed by atoms with Crippen LogP contribution < -0.4 is 0 Å². The molecule has 1 fully saturated rings. The molecule has 1 saturated carbocycles. The summed E-state index contributed by atoms with van der Waals surface area (Å²) in [6.45, 7) is 8.56. The molecular weight excluding hydrogens is 172 g/mol. The molecule has 80 valence electrons. The summed E-state index contributed by atoms with van der Waals surface area (Å²) >= 11 is 0. The van der Waals surface area contributed by atoms with Gasteiger partial charge in [0.15, 0.2) is 5.78 Å². The molecule has 1 unspecified atom stereocenters. The Labute approximate surface area is 87.6 Å². The van der Waals surface area contributed by atoms with Crippen LogP contribution in [-0.2, 0) is 4.79 Å². The second kappa shape index (κ2) is 4.29. The Morgan fingerprint density at radius 3 is 2.57 bits per heavy atom. The molecule has 0 amide bonds. The van der Waals surface area contributed by atoms with Gasteiger partial charge in [-0.2, -0.15) is 0 Å². The second-order valence-electron chi connectivity index (χ2n) is 5.35. The molecule has 0 spiro atoms. The topological polar surface area (TPSA) is 17.1 Å². The molecule has 1 heteroatoms. The van der Waals surface area contributed by atoms with Crippen LogP contribution in [0.5, 0.6) is 0 Å². The van der Waals surface area contributed by atoms with Crippen molar-refractivity contribution in [1.82, 2.24) is 0 Å². The maximum Gasteiger partial charge on any atom is 0.152 e. The third kappa shape index (κ3) is 2.70. The van der Waals surface area contributed by atoms with E-state index in [1.54, 1.807) is 13.0 Å². The van der Waals surface area contributed by atoms with Gasteiger partial charge in [-0.15, -0.1) is 0 Å². The van der Waals surface area contributed by atoms with E-state index in [4.69, 9.17) is 0 Å². The number of carbonyl (C=O) groups is 1. The minimum absolute atomic E-state index is 0.165. The van der Waals surface area contributed by atoms with E-state index in [1.165, 1.54) is 19.3 Å². The van der Waals surface area contributed by atoms with Crippen molar-refractivity contribution in [3.63, 3.8) is 0 Å². The molecule has 0 heterocycles. The normalized spacial score (nSPS) is 32.0.